The zero-order chi connectivity index (χ0) is 15.5. The van der Waals surface area contributed by atoms with Gasteiger partial charge < -0.3 is 4.74 Å². The van der Waals surface area contributed by atoms with Gasteiger partial charge in [-0.3, -0.25) is 4.31 Å². The fraction of sp³-hybridized carbons (Fsp3) is 0.200. The Morgan fingerprint density at radius 2 is 1.33 bits per heavy atom. The molecular weight excluding hydrogens is 288 g/mol. The van der Waals surface area contributed by atoms with E-state index in [0.29, 0.717) is 11.4 Å². The first-order chi connectivity index (χ1) is 9.91. The highest BCUT2D eigenvalue weighted by Gasteiger charge is 2.20. The molecule has 0 aromatic heterocycles. The molecule has 6 heteroatoms. The molecule has 0 aliphatic rings. The number of nitrogens with zero attached hydrogens (tertiary/aromatic N) is 2. The molecule has 2 aromatic rings. The Morgan fingerprint density at radius 3 is 1.86 bits per heavy atom. The average Bonchev–Trinajstić information content (AvgIpc) is 2.48. The topological polar surface area (TPSA) is 49.9 Å². The maximum atomic E-state index is 12.0. The summed E-state index contributed by atoms with van der Waals surface area (Å²) in [6.45, 7) is 0. The highest BCUT2D eigenvalue weighted by molar-refractivity contribution is 7.90. The molecule has 0 bridgehead atoms. The number of anilines is 1. The van der Waals surface area contributed by atoms with Crippen LogP contribution in [0.1, 0.15) is 0 Å². The molecule has 5 nitrogen and oxygen atoms in total. The van der Waals surface area contributed by atoms with Gasteiger partial charge in [0, 0.05) is 21.1 Å². The minimum atomic E-state index is -3.48. The third-order valence-electron chi connectivity index (χ3n) is 2.99. The standard InChI is InChI=1S/C15H18N2O3S/c1-16(2)21(18,19)17(3)13-9-11-15(12-10-13)20-14-7-5-4-6-8-14/h4-12H,1-3H3. The number of ether oxygens (including phenoxy) is 1. The summed E-state index contributed by atoms with van der Waals surface area (Å²) in [6, 6.07) is 16.3. The van der Waals surface area contributed by atoms with Crippen LogP contribution < -0.4 is 9.04 Å². The van der Waals surface area contributed by atoms with Crippen molar-refractivity contribution in [2.75, 3.05) is 25.4 Å². The monoisotopic (exact) mass is 306 g/mol. The number of rotatable bonds is 5. The lowest BCUT2D eigenvalue weighted by atomic mass is 10.3. The van der Waals surface area contributed by atoms with E-state index >= 15 is 0 Å². The molecule has 0 saturated heterocycles. The van der Waals surface area contributed by atoms with Gasteiger partial charge in [0.2, 0.25) is 0 Å². The van der Waals surface area contributed by atoms with Crippen molar-refractivity contribution >= 4 is 15.9 Å². The van der Waals surface area contributed by atoms with E-state index in [1.807, 2.05) is 30.3 Å². The highest BCUT2D eigenvalue weighted by atomic mass is 32.2. The fourth-order valence-electron chi connectivity index (χ4n) is 1.73. The van der Waals surface area contributed by atoms with Crippen molar-refractivity contribution in [2.45, 2.75) is 0 Å². The molecule has 21 heavy (non-hydrogen) atoms. The maximum absolute atomic E-state index is 12.0. The van der Waals surface area contributed by atoms with Crippen LogP contribution in [0, 0.1) is 0 Å². The van der Waals surface area contributed by atoms with Crippen LogP contribution in [0.15, 0.2) is 54.6 Å². The highest BCUT2D eigenvalue weighted by Crippen LogP contribution is 2.25. The molecule has 0 fully saturated rings. The van der Waals surface area contributed by atoms with Crippen LogP contribution in [0.4, 0.5) is 5.69 Å². The van der Waals surface area contributed by atoms with Crippen molar-refractivity contribution in [2.24, 2.45) is 0 Å². The van der Waals surface area contributed by atoms with E-state index in [4.69, 9.17) is 4.74 Å². The summed E-state index contributed by atoms with van der Waals surface area (Å²) in [5, 5.41) is 0. The van der Waals surface area contributed by atoms with E-state index in [0.717, 1.165) is 5.75 Å². The third kappa shape index (κ3) is 3.53. The van der Waals surface area contributed by atoms with Crippen LogP contribution in [0.3, 0.4) is 0 Å². The second-order valence-corrected chi connectivity index (χ2v) is 6.84. The Morgan fingerprint density at radius 1 is 0.810 bits per heavy atom. The van der Waals surface area contributed by atoms with Crippen molar-refractivity contribution in [1.82, 2.24) is 4.31 Å². The van der Waals surface area contributed by atoms with E-state index in [1.54, 1.807) is 24.3 Å². The van der Waals surface area contributed by atoms with E-state index < -0.39 is 10.2 Å². The van der Waals surface area contributed by atoms with Crippen LogP contribution in [0.5, 0.6) is 11.5 Å². The maximum Gasteiger partial charge on any atom is 0.303 e. The first-order valence-electron chi connectivity index (χ1n) is 6.40. The predicted molar refractivity (Wildman–Crippen MR) is 84.0 cm³/mol. The molecule has 0 unspecified atom stereocenters. The van der Waals surface area contributed by atoms with Crippen molar-refractivity contribution in [1.29, 1.82) is 0 Å². The Bertz CT molecular complexity index is 683. The third-order valence-corrected chi connectivity index (χ3v) is 4.81. The summed E-state index contributed by atoms with van der Waals surface area (Å²) in [6.07, 6.45) is 0. The van der Waals surface area contributed by atoms with Gasteiger partial charge in [0.1, 0.15) is 11.5 Å². The Kier molecular flexibility index (Phi) is 4.50. The second kappa shape index (κ2) is 6.15. The van der Waals surface area contributed by atoms with Gasteiger partial charge in [-0.15, -0.1) is 0 Å². The van der Waals surface area contributed by atoms with Gasteiger partial charge in [0.05, 0.1) is 5.69 Å². The number of para-hydroxylation sites is 1. The lowest BCUT2D eigenvalue weighted by molar-refractivity contribution is 0.482. The van der Waals surface area contributed by atoms with Gasteiger partial charge in [-0.1, -0.05) is 18.2 Å². The van der Waals surface area contributed by atoms with Gasteiger partial charge >= 0.3 is 10.2 Å². The number of benzene rings is 2. The van der Waals surface area contributed by atoms with Gasteiger partial charge in [-0.05, 0) is 36.4 Å². The molecule has 112 valence electrons. The molecule has 2 rings (SSSR count). The molecule has 0 aliphatic heterocycles. The summed E-state index contributed by atoms with van der Waals surface area (Å²) >= 11 is 0. The van der Waals surface area contributed by atoms with Crippen LogP contribution in [0.2, 0.25) is 0 Å². The summed E-state index contributed by atoms with van der Waals surface area (Å²) in [7, 11) is 1.04. The Labute approximate surface area is 125 Å². The van der Waals surface area contributed by atoms with Gasteiger partial charge in [-0.25, -0.2) is 0 Å². The first-order valence-corrected chi connectivity index (χ1v) is 7.80. The molecule has 0 atom stereocenters. The molecule has 0 amide bonds. The molecule has 0 N–H and O–H groups in total. The molecule has 0 heterocycles. The van der Waals surface area contributed by atoms with E-state index in [-0.39, 0.29) is 0 Å². The summed E-state index contributed by atoms with van der Waals surface area (Å²) in [5.74, 6) is 1.39. The molecular formula is C15H18N2O3S. The molecule has 0 spiro atoms. The summed E-state index contributed by atoms with van der Waals surface area (Å²) in [4.78, 5) is 0. The minimum Gasteiger partial charge on any atom is -0.457 e. The van der Waals surface area contributed by atoms with Crippen molar-refractivity contribution in [3.8, 4) is 11.5 Å². The minimum absolute atomic E-state index is 0.573. The Balaban J connectivity index is 2.16. The van der Waals surface area contributed by atoms with Crippen LogP contribution >= 0.6 is 0 Å². The zero-order valence-electron chi connectivity index (χ0n) is 12.2. The van der Waals surface area contributed by atoms with Crippen molar-refractivity contribution in [3.05, 3.63) is 54.6 Å². The van der Waals surface area contributed by atoms with Gasteiger partial charge in [0.15, 0.2) is 0 Å². The SMILES string of the molecule is CN(C)S(=O)(=O)N(C)c1ccc(Oc2ccccc2)cc1. The van der Waals surface area contributed by atoms with E-state index in [9.17, 15) is 8.42 Å². The number of hydrogen-bond acceptors (Lipinski definition) is 3. The average molecular weight is 306 g/mol. The molecule has 0 saturated carbocycles. The lowest BCUT2D eigenvalue weighted by Gasteiger charge is -2.23. The van der Waals surface area contributed by atoms with Crippen LogP contribution in [-0.4, -0.2) is 33.9 Å². The van der Waals surface area contributed by atoms with Crippen LogP contribution in [-0.2, 0) is 10.2 Å². The Hall–Kier alpha value is -2.05. The van der Waals surface area contributed by atoms with Gasteiger partial charge in [0.25, 0.3) is 0 Å². The normalized spacial score (nSPS) is 11.4. The largest absolute Gasteiger partial charge is 0.457 e. The molecule has 0 aliphatic carbocycles. The van der Waals surface area contributed by atoms with Crippen LogP contribution in [0.25, 0.3) is 0 Å². The zero-order valence-corrected chi connectivity index (χ0v) is 13.0. The quantitative estimate of drug-likeness (QED) is 0.853. The smallest absolute Gasteiger partial charge is 0.303 e. The second-order valence-electron chi connectivity index (χ2n) is 4.67. The molecule has 0 radical (unpaired) electrons. The summed E-state index contributed by atoms with van der Waals surface area (Å²) < 4.78 is 32.1. The van der Waals surface area contributed by atoms with Crippen molar-refractivity contribution < 1.29 is 13.2 Å². The fourth-order valence-corrected chi connectivity index (χ4v) is 2.60. The molecule has 2 aromatic carbocycles. The predicted octanol–water partition coefficient (Wildman–Crippen LogP) is 2.72. The van der Waals surface area contributed by atoms with E-state index in [2.05, 4.69) is 0 Å². The van der Waals surface area contributed by atoms with Gasteiger partial charge in [-0.2, -0.15) is 12.7 Å². The first kappa shape index (κ1) is 15.3. The van der Waals surface area contributed by atoms with E-state index in [1.165, 1.54) is 29.8 Å². The summed E-state index contributed by atoms with van der Waals surface area (Å²) in [5.41, 5.74) is 0.573. The lowest BCUT2D eigenvalue weighted by Crippen LogP contribution is -2.37. The number of hydrogen-bond donors (Lipinski definition) is 0. The van der Waals surface area contributed by atoms with Crippen molar-refractivity contribution in [3.63, 3.8) is 0 Å².